The third-order valence-corrected chi connectivity index (χ3v) is 4.29. The average Bonchev–Trinajstić information content (AvgIpc) is 2.79. The molecule has 158 valence electrons. The van der Waals surface area contributed by atoms with Crippen LogP contribution in [0.3, 0.4) is 0 Å². The Labute approximate surface area is 176 Å². The molecular formula is C22H26N4O4. The lowest BCUT2D eigenvalue weighted by Crippen LogP contribution is -2.24. The van der Waals surface area contributed by atoms with E-state index in [0.29, 0.717) is 11.4 Å². The first-order valence-electron chi connectivity index (χ1n) is 9.38. The summed E-state index contributed by atoms with van der Waals surface area (Å²) in [5, 5.41) is 8.13. The predicted molar refractivity (Wildman–Crippen MR) is 116 cm³/mol. The van der Waals surface area contributed by atoms with Crippen molar-refractivity contribution in [2.45, 2.75) is 26.7 Å². The highest BCUT2D eigenvalue weighted by Gasteiger charge is 2.07. The van der Waals surface area contributed by atoms with Gasteiger partial charge in [-0.25, -0.2) is 10.9 Å². The van der Waals surface area contributed by atoms with Crippen molar-refractivity contribution >= 4 is 23.2 Å². The molecule has 0 saturated carbocycles. The third-order valence-electron chi connectivity index (χ3n) is 4.29. The molecule has 0 unspecified atom stereocenters. The Balaban J connectivity index is 1.78. The van der Waals surface area contributed by atoms with Crippen LogP contribution in [0.4, 0.5) is 0 Å². The number of hydrazone groups is 2. The molecule has 0 spiro atoms. The SMILES string of the molecule is COc1ccc(/C(C)=N/NC(=O)CCC(=O)N/N=C(\C)c2ccc(OC)cc2)cc1. The monoisotopic (exact) mass is 410 g/mol. The Kier molecular flexibility index (Phi) is 8.56. The Morgan fingerprint density at radius 1 is 0.700 bits per heavy atom. The van der Waals surface area contributed by atoms with Crippen LogP contribution < -0.4 is 20.3 Å². The van der Waals surface area contributed by atoms with Gasteiger partial charge < -0.3 is 9.47 Å². The first-order valence-corrected chi connectivity index (χ1v) is 9.38. The van der Waals surface area contributed by atoms with Crippen LogP contribution >= 0.6 is 0 Å². The molecule has 8 nitrogen and oxygen atoms in total. The molecule has 2 aromatic rings. The molecule has 2 N–H and O–H groups in total. The second-order valence-corrected chi connectivity index (χ2v) is 6.42. The minimum atomic E-state index is -0.353. The summed E-state index contributed by atoms with van der Waals surface area (Å²) in [6.45, 7) is 3.57. The number of nitrogens with one attached hydrogen (secondary N) is 2. The topological polar surface area (TPSA) is 101 Å². The second-order valence-electron chi connectivity index (χ2n) is 6.42. The van der Waals surface area contributed by atoms with E-state index in [4.69, 9.17) is 9.47 Å². The molecule has 2 rings (SSSR count). The van der Waals surface area contributed by atoms with Gasteiger partial charge in [0.2, 0.25) is 11.8 Å². The minimum absolute atomic E-state index is 0.00231. The number of methoxy groups -OCH3 is 2. The summed E-state index contributed by atoms with van der Waals surface area (Å²) in [5.74, 6) is 0.778. The molecule has 8 heteroatoms. The number of nitrogens with zero attached hydrogens (tertiary/aromatic N) is 2. The smallest absolute Gasteiger partial charge is 0.240 e. The molecule has 0 bridgehead atoms. The van der Waals surface area contributed by atoms with Crippen molar-refractivity contribution in [3.63, 3.8) is 0 Å². The maximum atomic E-state index is 11.9. The van der Waals surface area contributed by atoms with Crippen molar-refractivity contribution in [1.29, 1.82) is 0 Å². The number of carbonyl (C=O) groups excluding carboxylic acids is 2. The van der Waals surface area contributed by atoms with Gasteiger partial charge in [-0.3, -0.25) is 9.59 Å². The van der Waals surface area contributed by atoms with Crippen molar-refractivity contribution in [3.8, 4) is 11.5 Å². The van der Waals surface area contributed by atoms with E-state index >= 15 is 0 Å². The molecule has 30 heavy (non-hydrogen) atoms. The van der Waals surface area contributed by atoms with Gasteiger partial charge in [0.15, 0.2) is 0 Å². The molecule has 0 aliphatic heterocycles. The van der Waals surface area contributed by atoms with E-state index in [-0.39, 0.29) is 24.7 Å². The van der Waals surface area contributed by atoms with Gasteiger partial charge in [-0.2, -0.15) is 10.2 Å². The van der Waals surface area contributed by atoms with Crippen LogP contribution in [0.25, 0.3) is 0 Å². The molecule has 0 aliphatic rings. The lowest BCUT2D eigenvalue weighted by Gasteiger charge is -2.05. The summed E-state index contributed by atoms with van der Waals surface area (Å²) in [6, 6.07) is 14.6. The summed E-state index contributed by atoms with van der Waals surface area (Å²) in [5.41, 5.74) is 7.93. The van der Waals surface area contributed by atoms with Crippen LogP contribution in [0, 0.1) is 0 Å². The van der Waals surface area contributed by atoms with Gasteiger partial charge in [0, 0.05) is 12.8 Å². The van der Waals surface area contributed by atoms with Crippen LogP contribution in [0.1, 0.15) is 37.8 Å². The summed E-state index contributed by atoms with van der Waals surface area (Å²) in [6.07, 6.45) is 0.00462. The van der Waals surface area contributed by atoms with Gasteiger partial charge in [-0.05, 0) is 73.5 Å². The fraction of sp³-hybridized carbons (Fsp3) is 0.273. The largest absolute Gasteiger partial charge is 0.497 e. The van der Waals surface area contributed by atoms with E-state index in [2.05, 4.69) is 21.1 Å². The second kappa shape index (κ2) is 11.4. The summed E-state index contributed by atoms with van der Waals surface area (Å²) < 4.78 is 10.2. The zero-order valence-electron chi connectivity index (χ0n) is 17.6. The Hall–Kier alpha value is -3.68. The molecular weight excluding hydrogens is 384 g/mol. The van der Waals surface area contributed by atoms with Crippen molar-refractivity contribution in [2.24, 2.45) is 10.2 Å². The number of carbonyl (C=O) groups is 2. The van der Waals surface area contributed by atoms with E-state index < -0.39 is 0 Å². The fourth-order valence-corrected chi connectivity index (χ4v) is 2.42. The van der Waals surface area contributed by atoms with E-state index in [1.807, 2.05) is 48.5 Å². The predicted octanol–water partition coefficient (Wildman–Crippen LogP) is 2.86. The van der Waals surface area contributed by atoms with Gasteiger partial charge in [0.1, 0.15) is 11.5 Å². The van der Waals surface area contributed by atoms with E-state index in [0.717, 1.165) is 22.6 Å². The number of amides is 2. The number of hydrogen-bond donors (Lipinski definition) is 2. The lowest BCUT2D eigenvalue weighted by molar-refractivity contribution is -0.126. The standard InChI is InChI=1S/C22H26N4O4/c1-15(17-5-9-19(29-3)10-6-17)23-25-21(27)13-14-22(28)26-24-16(2)18-7-11-20(30-4)12-8-18/h5-12H,13-14H2,1-4H3,(H,25,27)(H,26,28)/b23-15+,24-16+. The highest BCUT2D eigenvalue weighted by atomic mass is 16.5. The molecule has 2 aromatic carbocycles. The molecule has 0 radical (unpaired) electrons. The Morgan fingerprint density at radius 3 is 1.33 bits per heavy atom. The normalized spacial score (nSPS) is 11.6. The molecule has 2 amide bonds. The van der Waals surface area contributed by atoms with Crippen LogP contribution in [0.5, 0.6) is 11.5 Å². The number of rotatable bonds is 9. The lowest BCUT2D eigenvalue weighted by atomic mass is 10.1. The Morgan fingerprint density at radius 2 is 1.03 bits per heavy atom. The van der Waals surface area contributed by atoms with Crippen LogP contribution in [0.2, 0.25) is 0 Å². The van der Waals surface area contributed by atoms with Crippen molar-refractivity contribution < 1.29 is 19.1 Å². The van der Waals surface area contributed by atoms with Gasteiger partial charge >= 0.3 is 0 Å². The summed E-state index contributed by atoms with van der Waals surface area (Å²) in [7, 11) is 3.19. The summed E-state index contributed by atoms with van der Waals surface area (Å²) >= 11 is 0. The first kappa shape index (κ1) is 22.6. The first-order chi connectivity index (χ1) is 14.4. The van der Waals surface area contributed by atoms with Crippen molar-refractivity contribution in [2.75, 3.05) is 14.2 Å². The minimum Gasteiger partial charge on any atom is -0.497 e. The molecule has 0 atom stereocenters. The fourth-order valence-electron chi connectivity index (χ4n) is 2.42. The van der Waals surface area contributed by atoms with Crippen LogP contribution in [-0.2, 0) is 9.59 Å². The quantitative estimate of drug-likeness (QED) is 0.490. The van der Waals surface area contributed by atoms with Crippen LogP contribution in [0.15, 0.2) is 58.7 Å². The van der Waals surface area contributed by atoms with E-state index in [1.54, 1.807) is 28.1 Å². The maximum Gasteiger partial charge on any atom is 0.240 e. The molecule has 0 aliphatic carbocycles. The summed E-state index contributed by atoms with van der Waals surface area (Å²) in [4.78, 5) is 23.9. The third kappa shape index (κ3) is 7.05. The van der Waals surface area contributed by atoms with Gasteiger partial charge in [0.25, 0.3) is 0 Å². The van der Waals surface area contributed by atoms with Gasteiger partial charge in [-0.15, -0.1) is 0 Å². The number of hydrogen-bond acceptors (Lipinski definition) is 6. The average molecular weight is 410 g/mol. The highest BCUT2D eigenvalue weighted by Crippen LogP contribution is 2.12. The molecule has 0 aromatic heterocycles. The zero-order valence-corrected chi connectivity index (χ0v) is 17.6. The van der Waals surface area contributed by atoms with Crippen molar-refractivity contribution in [3.05, 3.63) is 59.7 Å². The van der Waals surface area contributed by atoms with E-state index in [9.17, 15) is 9.59 Å². The molecule has 0 heterocycles. The maximum absolute atomic E-state index is 11.9. The highest BCUT2D eigenvalue weighted by molar-refractivity contribution is 6.00. The van der Waals surface area contributed by atoms with Gasteiger partial charge in [0.05, 0.1) is 25.6 Å². The van der Waals surface area contributed by atoms with Crippen molar-refractivity contribution in [1.82, 2.24) is 10.9 Å². The molecule has 0 saturated heterocycles. The number of ether oxygens (including phenoxy) is 2. The zero-order chi connectivity index (χ0) is 21.9. The van der Waals surface area contributed by atoms with E-state index in [1.165, 1.54) is 0 Å². The molecule has 0 fully saturated rings. The van der Waals surface area contributed by atoms with Gasteiger partial charge in [-0.1, -0.05) is 0 Å². The number of benzene rings is 2. The Bertz CT molecular complexity index is 842. The van der Waals surface area contributed by atoms with Crippen LogP contribution in [-0.4, -0.2) is 37.5 Å².